The fourth-order valence-electron chi connectivity index (χ4n) is 2.19. The van der Waals surface area contributed by atoms with Crippen molar-refractivity contribution in [1.82, 2.24) is 9.88 Å². The summed E-state index contributed by atoms with van der Waals surface area (Å²) < 4.78 is 2.28. The maximum absolute atomic E-state index is 12.2. The zero-order valence-electron chi connectivity index (χ0n) is 12.1. The molecule has 0 saturated heterocycles. The van der Waals surface area contributed by atoms with Crippen LogP contribution in [0, 0.1) is 0 Å². The Morgan fingerprint density at radius 3 is 2.77 bits per heavy atom. The van der Waals surface area contributed by atoms with Crippen molar-refractivity contribution in [1.29, 1.82) is 0 Å². The normalized spacial score (nSPS) is 11.0. The number of thiophene rings is 1. The van der Waals surface area contributed by atoms with Crippen LogP contribution >= 0.6 is 38.6 Å². The van der Waals surface area contributed by atoms with Gasteiger partial charge >= 0.3 is 0 Å². The van der Waals surface area contributed by atoms with Gasteiger partial charge < -0.3 is 4.90 Å². The van der Waals surface area contributed by atoms with Gasteiger partial charge in [-0.15, -0.1) is 22.7 Å². The number of rotatable bonds is 5. The van der Waals surface area contributed by atoms with Crippen LogP contribution in [0.4, 0.5) is 0 Å². The lowest BCUT2D eigenvalue weighted by molar-refractivity contribution is -0.130. The van der Waals surface area contributed by atoms with Crippen molar-refractivity contribution >= 4 is 54.7 Å². The second kappa shape index (κ2) is 6.89. The van der Waals surface area contributed by atoms with E-state index in [1.807, 2.05) is 37.4 Å². The van der Waals surface area contributed by atoms with Gasteiger partial charge in [-0.3, -0.25) is 4.79 Å². The van der Waals surface area contributed by atoms with Gasteiger partial charge in [-0.25, -0.2) is 4.98 Å². The lowest BCUT2D eigenvalue weighted by Crippen LogP contribution is -2.25. The molecule has 0 unspecified atom stereocenters. The molecule has 1 aromatic carbocycles. The van der Waals surface area contributed by atoms with Crippen molar-refractivity contribution in [2.24, 2.45) is 0 Å². The second-order valence-electron chi connectivity index (χ2n) is 5.03. The standard InChI is InChI=1S/C16H15BrN2OS2/c1-19(10-11-6-7-14(17)21-11)16(20)9-8-15-18-12-4-2-3-5-13(12)22-15/h2-7H,8-10H2,1H3. The molecule has 0 spiro atoms. The first kappa shape index (κ1) is 15.6. The van der Waals surface area contributed by atoms with Crippen molar-refractivity contribution in [2.75, 3.05) is 7.05 Å². The molecule has 0 aliphatic rings. The first-order valence-electron chi connectivity index (χ1n) is 6.94. The monoisotopic (exact) mass is 394 g/mol. The lowest BCUT2D eigenvalue weighted by Gasteiger charge is -2.15. The number of hydrogen-bond acceptors (Lipinski definition) is 4. The molecule has 22 heavy (non-hydrogen) atoms. The van der Waals surface area contributed by atoms with E-state index in [-0.39, 0.29) is 5.91 Å². The number of carbonyl (C=O) groups is 1. The van der Waals surface area contributed by atoms with Crippen molar-refractivity contribution in [2.45, 2.75) is 19.4 Å². The SMILES string of the molecule is CN(Cc1ccc(Br)s1)C(=O)CCc1nc2ccccc2s1. The molecule has 0 bridgehead atoms. The van der Waals surface area contributed by atoms with Crippen LogP contribution in [0.5, 0.6) is 0 Å². The quantitative estimate of drug-likeness (QED) is 0.627. The van der Waals surface area contributed by atoms with Gasteiger partial charge in [0.05, 0.1) is 25.6 Å². The average molecular weight is 395 g/mol. The topological polar surface area (TPSA) is 33.2 Å². The van der Waals surface area contributed by atoms with Crippen LogP contribution in [0.3, 0.4) is 0 Å². The highest BCUT2D eigenvalue weighted by Crippen LogP contribution is 2.24. The third-order valence-corrected chi connectivity index (χ3v) is 6.04. The lowest BCUT2D eigenvalue weighted by atomic mass is 10.3. The minimum Gasteiger partial charge on any atom is -0.341 e. The second-order valence-corrected chi connectivity index (χ2v) is 8.69. The molecule has 114 valence electrons. The number of aromatic nitrogens is 1. The Hall–Kier alpha value is -1.24. The van der Waals surface area contributed by atoms with Crippen LogP contribution < -0.4 is 0 Å². The van der Waals surface area contributed by atoms with Gasteiger partial charge in [0, 0.05) is 24.8 Å². The van der Waals surface area contributed by atoms with E-state index in [2.05, 4.69) is 27.0 Å². The highest BCUT2D eigenvalue weighted by atomic mass is 79.9. The summed E-state index contributed by atoms with van der Waals surface area (Å²) in [5, 5.41) is 1.03. The van der Waals surface area contributed by atoms with E-state index in [0.717, 1.165) is 14.3 Å². The Balaban J connectivity index is 1.57. The number of halogens is 1. The molecule has 0 fully saturated rings. The van der Waals surface area contributed by atoms with Crippen LogP contribution in [0.25, 0.3) is 10.2 Å². The molecule has 3 rings (SSSR count). The molecule has 6 heteroatoms. The summed E-state index contributed by atoms with van der Waals surface area (Å²) in [4.78, 5) is 19.8. The molecule has 2 aromatic heterocycles. The molecule has 0 aliphatic heterocycles. The minimum atomic E-state index is 0.156. The molecule has 0 N–H and O–H groups in total. The van der Waals surface area contributed by atoms with Gasteiger partial charge in [0.15, 0.2) is 0 Å². The summed E-state index contributed by atoms with van der Waals surface area (Å²) >= 11 is 6.78. The average Bonchev–Trinajstić information content (AvgIpc) is 3.10. The number of fused-ring (bicyclic) bond motifs is 1. The molecular weight excluding hydrogens is 380 g/mol. The number of carbonyl (C=O) groups excluding carboxylic acids is 1. The van der Waals surface area contributed by atoms with Gasteiger partial charge in [-0.05, 0) is 40.2 Å². The molecule has 0 atom stereocenters. The number of hydrogen-bond donors (Lipinski definition) is 0. The third-order valence-electron chi connectivity index (χ3n) is 3.34. The molecule has 3 aromatic rings. The van der Waals surface area contributed by atoms with Crippen LogP contribution in [0.15, 0.2) is 40.2 Å². The Morgan fingerprint density at radius 1 is 1.23 bits per heavy atom. The van der Waals surface area contributed by atoms with E-state index >= 15 is 0 Å². The van der Waals surface area contributed by atoms with Crippen molar-refractivity contribution in [3.8, 4) is 0 Å². The van der Waals surface area contributed by atoms with Crippen molar-refractivity contribution in [3.05, 3.63) is 50.1 Å². The fourth-order valence-corrected chi connectivity index (χ4v) is 4.69. The van der Waals surface area contributed by atoms with E-state index in [9.17, 15) is 4.79 Å². The summed E-state index contributed by atoms with van der Waals surface area (Å²) in [6.07, 6.45) is 1.21. The van der Waals surface area contributed by atoms with Crippen molar-refractivity contribution in [3.63, 3.8) is 0 Å². The maximum Gasteiger partial charge on any atom is 0.223 e. The van der Waals surface area contributed by atoms with Crippen molar-refractivity contribution < 1.29 is 4.79 Å². The highest BCUT2D eigenvalue weighted by molar-refractivity contribution is 9.11. The third kappa shape index (κ3) is 3.74. The van der Waals surface area contributed by atoms with Gasteiger partial charge in [0.25, 0.3) is 0 Å². The molecule has 0 saturated carbocycles. The first-order valence-corrected chi connectivity index (χ1v) is 9.37. The Kier molecular flexibility index (Phi) is 4.90. The molecular formula is C16H15BrN2OS2. The Labute approximate surface area is 145 Å². The number of thiazole rings is 1. The van der Waals surface area contributed by atoms with Gasteiger partial charge in [-0.2, -0.15) is 0 Å². The van der Waals surface area contributed by atoms with E-state index in [0.29, 0.717) is 19.4 Å². The predicted octanol–water partition coefficient (Wildman–Crippen LogP) is 4.71. The summed E-state index contributed by atoms with van der Waals surface area (Å²) in [6.45, 7) is 0.662. The van der Waals surface area contributed by atoms with E-state index in [4.69, 9.17) is 0 Å². The van der Waals surface area contributed by atoms with Crippen LogP contribution in [0.2, 0.25) is 0 Å². The number of benzene rings is 1. The number of amides is 1. The number of aryl methyl sites for hydroxylation is 1. The van der Waals surface area contributed by atoms with E-state index < -0.39 is 0 Å². The van der Waals surface area contributed by atoms with Gasteiger partial charge in [0.1, 0.15) is 0 Å². The van der Waals surface area contributed by atoms with Gasteiger partial charge in [0.2, 0.25) is 5.91 Å². The maximum atomic E-state index is 12.2. The Bertz CT molecular complexity index is 763. The summed E-state index contributed by atoms with van der Waals surface area (Å²) in [5.41, 5.74) is 1.02. The van der Waals surface area contributed by atoms with Crippen LogP contribution in [-0.2, 0) is 17.8 Å². The summed E-state index contributed by atoms with van der Waals surface area (Å²) in [7, 11) is 1.86. The zero-order valence-corrected chi connectivity index (χ0v) is 15.3. The van der Waals surface area contributed by atoms with Crippen LogP contribution in [0.1, 0.15) is 16.3 Å². The molecule has 3 nitrogen and oxygen atoms in total. The predicted molar refractivity (Wildman–Crippen MR) is 96.4 cm³/mol. The smallest absolute Gasteiger partial charge is 0.223 e. The van der Waals surface area contributed by atoms with E-state index in [1.165, 1.54) is 9.58 Å². The fraction of sp³-hybridized carbons (Fsp3) is 0.250. The minimum absolute atomic E-state index is 0.156. The molecule has 1 amide bonds. The Morgan fingerprint density at radius 2 is 2.05 bits per heavy atom. The number of para-hydroxylation sites is 1. The highest BCUT2D eigenvalue weighted by Gasteiger charge is 2.12. The van der Waals surface area contributed by atoms with E-state index in [1.54, 1.807) is 27.6 Å². The van der Waals surface area contributed by atoms with Crippen LogP contribution in [-0.4, -0.2) is 22.8 Å². The molecule has 2 heterocycles. The zero-order chi connectivity index (χ0) is 15.5. The molecule has 0 radical (unpaired) electrons. The largest absolute Gasteiger partial charge is 0.341 e. The van der Waals surface area contributed by atoms with Gasteiger partial charge in [-0.1, -0.05) is 12.1 Å². The first-order chi connectivity index (χ1) is 10.6. The molecule has 0 aliphatic carbocycles. The summed E-state index contributed by atoms with van der Waals surface area (Å²) in [6, 6.07) is 12.1. The number of nitrogens with zero attached hydrogens (tertiary/aromatic N) is 2. The summed E-state index contributed by atoms with van der Waals surface area (Å²) in [5.74, 6) is 0.156.